The molecule has 3 atom stereocenters. The van der Waals surface area contributed by atoms with Crippen molar-refractivity contribution in [3.8, 4) is 11.5 Å². The van der Waals surface area contributed by atoms with E-state index in [1.165, 1.54) is 0 Å². The van der Waals surface area contributed by atoms with Gasteiger partial charge in [-0.3, -0.25) is 0 Å². The summed E-state index contributed by atoms with van der Waals surface area (Å²) in [5, 5.41) is 10.4. The van der Waals surface area contributed by atoms with Gasteiger partial charge in [0.2, 0.25) is 0 Å². The molecule has 19 heavy (non-hydrogen) atoms. The standard InChI is InChI=1S/C15H25NO3/c1-5-10(2)15(17)12(9-16)11-6-7-13(18-3)14(8-11)19-4/h6-8,10,12,15,17H,5,9,16H2,1-4H3. The van der Waals surface area contributed by atoms with Gasteiger partial charge in [0.05, 0.1) is 20.3 Å². The molecule has 4 nitrogen and oxygen atoms in total. The fourth-order valence-corrected chi connectivity index (χ4v) is 2.19. The summed E-state index contributed by atoms with van der Waals surface area (Å²) >= 11 is 0. The summed E-state index contributed by atoms with van der Waals surface area (Å²) in [6.45, 7) is 4.51. The smallest absolute Gasteiger partial charge is 0.160 e. The maximum Gasteiger partial charge on any atom is 0.160 e. The Balaban J connectivity index is 3.05. The minimum Gasteiger partial charge on any atom is -0.493 e. The molecule has 4 heteroatoms. The Labute approximate surface area is 115 Å². The van der Waals surface area contributed by atoms with Crippen LogP contribution in [0.4, 0.5) is 0 Å². The van der Waals surface area contributed by atoms with E-state index < -0.39 is 6.10 Å². The van der Waals surface area contributed by atoms with Crippen LogP contribution >= 0.6 is 0 Å². The highest BCUT2D eigenvalue weighted by Crippen LogP contribution is 2.33. The van der Waals surface area contributed by atoms with E-state index >= 15 is 0 Å². The van der Waals surface area contributed by atoms with Crippen molar-refractivity contribution in [2.24, 2.45) is 11.7 Å². The molecule has 1 rings (SSSR count). The zero-order valence-corrected chi connectivity index (χ0v) is 12.2. The lowest BCUT2D eigenvalue weighted by Crippen LogP contribution is -2.31. The number of methoxy groups -OCH3 is 2. The zero-order valence-electron chi connectivity index (χ0n) is 12.2. The summed E-state index contributed by atoms with van der Waals surface area (Å²) in [5.41, 5.74) is 6.81. The molecule has 0 fully saturated rings. The normalized spacial score (nSPS) is 15.7. The molecule has 3 unspecified atom stereocenters. The quantitative estimate of drug-likeness (QED) is 0.794. The van der Waals surface area contributed by atoms with Crippen molar-refractivity contribution in [3.05, 3.63) is 23.8 Å². The van der Waals surface area contributed by atoms with Gasteiger partial charge in [-0.05, 0) is 23.6 Å². The van der Waals surface area contributed by atoms with Crippen molar-refractivity contribution in [3.63, 3.8) is 0 Å². The number of hydrogen-bond acceptors (Lipinski definition) is 4. The van der Waals surface area contributed by atoms with E-state index in [0.717, 1.165) is 12.0 Å². The molecular weight excluding hydrogens is 242 g/mol. The van der Waals surface area contributed by atoms with Gasteiger partial charge in [0.15, 0.2) is 11.5 Å². The van der Waals surface area contributed by atoms with Gasteiger partial charge in [-0.25, -0.2) is 0 Å². The van der Waals surface area contributed by atoms with Crippen LogP contribution in [0.3, 0.4) is 0 Å². The van der Waals surface area contributed by atoms with Crippen LogP contribution in [-0.2, 0) is 0 Å². The highest BCUT2D eigenvalue weighted by atomic mass is 16.5. The summed E-state index contributed by atoms with van der Waals surface area (Å²) in [7, 11) is 3.20. The van der Waals surface area contributed by atoms with E-state index in [1.807, 2.05) is 25.1 Å². The molecule has 108 valence electrons. The molecule has 0 aliphatic rings. The second-order valence-corrected chi connectivity index (χ2v) is 4.83. The van der Waals surface area contributed by atoms with E-state index in [-0.39, 0.29) is 11.8 Å². The highest BCUT2D eigenvalue weighted by Gasteiger charge is 2.25. The second-order valence-electron chi connectivity index (χ2n) is 4.83. The lowest BCUT2D eigenvalue weighted by molar-refractivity contribution is 0.0885. The average molecular weight is 267 g/mol. The van der Waals surface area contributed by atoms with E-state index in [0.29, 0.717) is 18.0 Å². The monoisotopic (exact) mass is 267 g/mol. The predicted octanol–water partition coefficient (Wildman–Crippen LogP) is 2.15. The number of nitrogens with two attached hydrogens (primary N) is 1. The van der Waals surface area contributed by atoms with Gasteiger partial charge in [-0.2, -0.15) is 0 Å². The van der Waals surface area contributed by atoms with Crippen molar-refractivity contribution in [1.82, 2.24) is 0 Å². The first-order valence-corrected chi connectivity index (χ1v) is 6.69. The molecule has 0 aliphatic carbocycles. The molecule has 0 aliphatic heterocycles. The predicted molar refractivity (Wildman–Crippen MR) is 76.8 cm³/mol. The van der Waals surface area contributed by atoms with Crippen LogP contribution in [0.2, 0.25) is 0 Å². The van der Waals surface area contributed by atoms with Crippen LogP contribution in [-0.4, -0.2) is 32.0 Å². The lowest BCUT2D eigenvalue weighted by Gasteiger charge is -2.27. The van der Waals surface area contributed by atoms with Crippen molar-refractivity contribution >= 4 is 0 Å². The molecule has 1 aromatic carbocycles. The van der Waals surface area contributed by atoms with Crippen molar-refractivity contribution < 1.29 is 14.6 Å². The number of aliphatic hydroxyl groups is 1. The fourth-order valence-electron chi connectivity index (χ4n) is 2.19. The Morgan fingerprint density at radius 3 is 2.32 bits per heavy atom. The minimum atomic E-state index is -0.451. The van der Waals surface area contributed by atoms with Crippen LogP contribution in [0.15, 0.2) is 18.2 Å². The molecule has 0 saturated carbocycles. The van der Waals surface area contributed by atoms with Crippen LogP contribution in [0.1, 0.15) is 31.7 Å². The maximum atomic E-state index is 10.4. The van der Waals surface area contributed by atoms with Gasteiger partial charge in [-0.1, -0.05) is 26.3 Å². The molecule has 0 radical (unpaired) electrons. The Morgan fingerprint density at radius 2 is 1.84 bits per heavy atom. The Hall–Kier alpha value is -1.26. The molecule has 0 heterocycles. The molecule has 1 aromatic rings. The Kier molecular flexibility index (Phi) is 6.12. The van der Waals surface area contributed by atoms with Gasteiger partial charge >= 0.3 is 0 Å². The van der Waals surface area contributed by atoms with Crippen molar-refractivity contribution in [2.45, 2.75) is 32.3 Å². The largest absolute Gasteiger partial charge is 0.493 e. The lowest BCUT2D eigenvalue weighted by atomic mass is 9.85. The third kappa shape index (κ3) is 3.61. The first-order chi connectivity index (χ1) is 9.08. The topological polar surface area (TPSA) is 64.7 Å². The van der Waals surface area contributed by atoms with E-state index in [2.05, 4.69) is 6.92 Å². The van der Waals surface area contributed by atoms with Crippen LogP contribution < -0.4 is 15.2 Å². The van der Waals surface area contributed by atoms with E-state index in [9.17, 15) is 5.11 Å². The summed E-state index contributed by atoms with van der Waals surface area (Å²) in [6, 6.07) is 5.67. The van der Waals surface area contributed by atoms with Crippen LogP contribution in [0.25, 0.3) is 0 Å². The van der Waals surface area contributed by atoms with E-state index in [4.69, 9.17) is 15.2 Å². The number of ether oxygens (including phenoxy) is 2. The third-order valence-corrected chi connectivity index (χ3v) is 3.73. The number of benzene rings is 1. The molecule has 3 N–H and O–H groups in total. The molecule has 0 saturated heterocycles. The first-order valence-electron chi connectivity index (χ1n) is 6.69. The summed E-state index contributed by atoms with van der Waals surface area (Å²) in [6.07, 6.45) is 0.471. The third-order valence-electron chi connectivity index (χ3n) is 3.73. The molecule has 0 spiro atoms. The second kappa shape index (κ2) is 7.36. The van der Waals surface area contributed by atoms with Crippen LogP contribution in [0, 0.1) is 5.92 Å². The molecular formula is C15H25NO3. The van der Waals surface area contributed by atoms with Gasteiger partial charge < -0.3 is 20.3 Å². The van der Waals surface area contributed by atoms with E-state index in [1.54, 1.807) is 14.2 Å². The first kappa shape index (κ1) is 15.8. The number of hydrogen-bond donors (Lipinski definition) is 2. The molecule has 0 aromatic heterocycles. The Morgan fingerprint density at radius 1 is 1.21 bits per heavy atom. The van der Waals surface area contributed by atoms with Crippen molar-refractivity contribution in [2.75, 3.05) is 20.8 Å². The van der Waals surface area contributed by atoms with Crippen molar-refractivity contribution in [1.29, 1.82) is 0 Å². The Bertz CT molecular complexity index is 395. The average Bonchev–Trinajstić information content (AvgIpc) is 2.46. The van der Waals surface area contributed by atoms with Crippen LogP contribution in [0.5, 0.6) is 11.5 Å². The van der Waals surface area contributed by atoms with Gasteiger partial charge in [0.25, 0.3) is 0 Å². The summed E-state index contributed by atoms with van der Waals surface area (Å²) in [4.78, 5) is 0. The summed E-state index contributed by atoms with van der Waals surface area (Å²) in [5.74, 6) is 1.46. The molecule has 0 amide bonds. The highest BCUT2D eigenvalue weighted by molar-refractivity contribution is 5.44. The summed E-state index contributed by atoms with van der Waals surface area (Å²) < 4.78 is 10.5. The van der Waals surface area contributed by atoms with Gasteiger partial charge in [0.1, 0.15) is 0 Å². The minimum absolute atomic E-state index is 0.0882. The van der Waals surface area contributed by atoms with Gasteiger partial charge in [0, 0.05) is 12.5 Å². The zero-order chi connectivity index (χ0) is 14.4. The number of rotatable bonds is 7. The molecule has 0 bridgehead atoms. The SMILES string of the molecule is CCC(C)C(O)C(CN)c1ccc(OC)c(OC)c1. The number of aliphatic hydroxyl groups excluding tert-OH is 1. The maximum absolute atomic E-state index is 10.4. The van der Waals surface area contributed by atoms with Gasteiger partial charge in [-0.15, -0.1) is 0 Å². The fraction of sp³-hybridized carbons (Fsp3) is 0.600.